The van der Waals surface area contributed by atoms with E-state index in [1.807, 2.05) is 12.1 Å². The molecule has 0 saturated heterocycles. The van der Waals surface area contributed by atoms with Crippen LogP contribution in [-0.4, -0.2) is 10.9 Å². The van der Waals surface area contributed by atoms with Crippen molar-refractivity contribution in [2.24, 2.45) is 17.8 Å². The van der Waals surface area contributed by atoms with Crippen LogP contribution >= 0.6 is 0 Å². The second kappa shape index (κ2) is 5.60. The van der Waals surface area contributed by atoms with E-state index in [1.165, 1.54) is 0 Å². The highest BCUT2D eigenvalue weighted by atomic mass is 16.3. The number of hydrogen-bond donors (Lipinski definition) is 1. The fraction of sp³-hybridized carbons (Fsp3) is 0.471. The summed E-state index contributed by atoms with van der Waals surface area (Å²) in [4.78, 5) is 12.5. The molecule has 102 valence electrons. The molecule has 0 aromatic heterocycles. The maximum atomic E-state index is 12.5. The Morgan fingerprint density at radius 1 is 1.32 bits per heavy atom. The molecule has 1 N–H and O–H groups in total. The summed E-state index contributed by atoms with van der Waals surface area (Å²) in [5.41, 5.74) is 1.81. The molecule has 19 heavy (non-hydrogen) atoms. The van der Waals surface area contributed by atoms with Crippen LogP contribution in [0.25, 0.3) is 6.08 Å². The molecular weight excluding hydrogens is 236 g/mol. The molecule has 1 fully saturated rings. The van der Waals surface area contributed by atoms with E-state index in [4.69, 9.17) is 0 Å². The molecule has 0 spiro atoms. The van der Waals surface area contributed by atoms with Crippen LogP contribution in [0.2, 0.25) is 0 Å². The molecule has 0 aliphatic heterocycles. The summed E-state index contributed by atoms with van der Waals surface area (Å²) >= 11 is 0. The zero-order valence-corrected chi connectivity index (χ0v) is 11.9. The summed E-state index contributed by atoms with van der Waals surface area (Å²) in [6.07, 6.45) is 4.01. The topological polar surface area (TPSA) is 37.3 Å². The molecule has 1 saturated carbocycles. The van der Waals surface area contributed by atoms with Crippen molar-refractivity contribution in [1.82, 2.24) is 0 Å². The van der Waals surface area contributed by atoms with Crippen LogP contribution in [0.5, 0.6) is 5.75 Å². The van der Waals surface area contributed by atoms with Gasteiger partial charge in [0.15, 0.2) is 5.78 Å². The highest BCUT2D eigenvalue weighted by molar-refractivity contribution is 6.02. The number of benzene rings is 1. The standard InChI is InChI=1S/C17H22O2/c1-11(2)15-8-7-12(3)16(17(15)19)10-13-5-4-6-14(18)9-13/h4-6,9-12,15,18H,7-8H2,1-3H3/t12-,15+/m0/s1. The second-order valence-electron chi connectivity index (χ2n) is 5.89. The lowest BCUT2D eigenvalue weighted by atomic mass is 9.73. The number of rotatable bonds is 2. The molecular formula is C17H22O2. The van der Waals surface area contributed by atoms with Crippen LogP contribution in [0.1, 0.15) is 39.2 Å². The summed E-state index contributed by atoms with van der Waals surface area (Å²) in [6, 6.07) is 7.07. The minimum absolute atomic E-state index is 0.153. The van der Waals surface area contributed by atoms with Crippen LogP contribution < -0.4 is 0 Å². The molecule has 0 heterocycles. The van der Waals surface area contributed by atoms with Gasteiger partial charge in [0.25, 0.3) is 0 Å². The van der Waals surface area contributed by atoms with E-state index in [0.717, 1.165) is 24.0 Å². The van der Waals surface area contributed by atoms with E-state index in [-0.39, 0.29) is 17.5 Å². The largest absolute Gasteiger partial charge is 0.508 e. The number of aromatic hydroxyl groups is 1. The zero-order valence-electron chi connectivity index (χ0n) is 11.9. The predicted octanol–water partition coefficient (Wildman–Crippen LogP) is 4.05. The number of phenolic OH excluding ortho intramolecular Hbond substituents is 1. The first kappa shape index (κ1) is 13.9. The molecule has 2 heteroatoms. The van der Waals surface area contributed by atoms with Crippen molar-refractivity contribution in [1.29, 1.82) is 0 Å². The Balaban J connectivity index is 2.32. The van der Waals surface area contributed by atoms with Crippen LogP contribution in [0.3, 0.4) is 0 Å². The molecule has 0 unspecified atom stereocenters. The van der Waals surface area contributed by atoms with Gasteiger partial charge >= 0.3 is 0 Å². The van der Waals surface area contributed by atoms with Crippen LogP contribution in [0.4, 0.5) is 0 Å². The zero-order chi connectivity index (χ0) is 14.0. The number of carbonyl (C=O) groups is 1. The Kier molecular flexibility index (Phi) is 4.08. The first-order valence-corrected chi connectivity index (χ1v) is 7.04. The smallest absolute Gasteiger partial charge is 0.162 e. The normalized spacial score (nSPS) is 26.1. The molecule has 0 bridgehead atoms. The monoisotopic (exact) mass is 258 g/mol. The summed E-state index contributed by atoms with van der Waals surface area (Å²) in [6.45, 7) is 6.35. The molecule has 1 aromatic rings. The molecule has 0 amide bonds. The van der Waals surface area contributed by atoms with Crippen LogP contribution in [-0.2, 0) is 4.79 Å². The SMILES string of the molecule is CC(C)[C@H]1CC[C@H](C)C(=Cc2cccc(O)c2)C1=O. The van der Waals surface area contributed by atoms with Crippen molar-refractivity contribution in [3.05, 3.63) is 35.4 Å². The first-order chi connectivity index (χ1) is 8.99. The highest BCUT2D eigenvalue weighted by Gasteiger charge is 2.32. The lowest BCUT2D eigenvalue weighted by molar-refractivity contribution is -0.122. The van der Waals surface area contributed by atoms with Crippen molar-refractivity contribution in [2.75, 3.05) is 0 Å². The van der Waals surface area contributed by atoms with E-state index in [2.05, 4.69) is 20.8 Å². The van der Waals surface area contributed by atoms with E-state index < -0.39 is 0 Å². The quantitative estimate of drug-likeness (QED) is 0.813. The van der Waals surface area contributed by atoms with Gasteiger partial charge in [-0.3, -0.25) is 4.79 Å². The minimum atomic E-state index is 0.153. The second-order valence-corrected chi connectivity index (χ2v) is 5.89. The third-order valence-electron chi connectivity index (χ3n) is 4.06. The van der Waals surface area contributed by atoms with Gasteiger partial charge in [0.1, 0.15) is 5.75 Å². The number of phenols is 1. The maximum Gasteiger partial charge on any atom is 0.162 e. The number of Topliss-reactive ketones (excluding diaryl/α,β-unsaturated/α-hetero) is 1. The van der Waals surface area contributed by atoms with Crippen LogP contribution in [0.15, 0.2) is 29.8 Å². The Bertz CT molecular complexity index is 500. The Labute approximate surface area is 115 Å². The van der Waals surface area contributed by atoms with Gasteiger partial charge in [-0.15, -0.1) is 0 Å². The third-order valence-corrected chi connectivity index (χ3v) is 4.06. The third kappa shape index (κ3) is 3.06. The fourth-order valence-electron chi connectivity index (χ4n) is 2.82. The van der Waals surface area contributed by atoms with E-state index in [9.17, 15) is 9.90 Å². The summed E-state index contributed by atoms with van der Waals surface area (Å²) in [5, 5.41) is 9.50. The molecule has 0 radical (unpaired) electrons. The van der Waals surface area contributed by atoms with Crippen LogP contribution in [0, 0.1) is 17.8 Å². The average molecular weight is 258 g/mol. The van der Waals surface area contributed by atoms with Crippen molar-refractivity contribution < 1.29 is 9.90 Å². The highest BCUT2D eigenvalue weighted by Crippen LogP contribution is 2.35. The molecule has 2 rings (SSSR count). The Hall–Kier alpha value is -1.57. The van der Waals surface area contributed by atoms with Crippen molar-refractivity contribution in [3.63, 3.8) is 0 Å². The molecule has 2 atom stereocenters. The van der Waals surface area contributed by atoms with Gasteiger partial charge in [-0.05, 0) is 54.0 Å². The van der Waals surface area contributed by atoms with Gasteiger partial charge in [0.2, 0.25) is 0 Å². The maximum absolute atomic E-state index is 12.5. The lowest BCUT2D eigenvalue weighted by Crippen LogP contribution is -2.30. The van der Waals surface area contributed by atoms with Gasteiger partial charge in [-0.1, -0.05) is 32.9 Å². The van der Waals surface area contributed by atoms with Gasteiger partial charge in [-0.2, -0.15) is 0 Å². The molecule has 1 aliphatic carbocycles. The molecule has 1 aromatic carbocycles. The molecule has 1 aliphatic rings. The van der Waals surface area contributed by atoms with Gasteiger partial charge < -0.3 is 5.11 Å². The predicted molar refractivity (Wildman–Crippen MR) is 77.8 cm³/mol. The van der Waals surface area contributed by atoms with Crippen molar-refractivity contribution in [2.45, 2.75) is 33.6 Å². The fourth-order valence-corrected chi connectivity index (χ4v) is 2.82. The molecule has 2 nitrogen and oxygen atoms in total. The van der Waals surface area contributed by atoms with E-state index in [0.29, 0.717) is 11.8 Å². The lowest BCUT2D eigenvalue weighted by Gasteiger charge is -2.30. The first-order valence-electron chi connectivity index (χ1n) is 7.04. The summed E-state index contributed by atoms with van der Waals surface area (Å²) in [7, 11) is 0. The summed E-state index contributed by atoms with van der Waals surface area (Å²) < 4.78 is 0. The number of allylic oxidation sites excluding steroid dienone is 1. The summed E-state index contributed by atoms with van der Waals surface area (Å²) in [5.74, 6) is 1.39. The number of hydrogen-bond acceptors (Lipinski definition) is 2. The minimum Gasteiger partial charge on any atom is -0.508 e. The van der Waals surface area contributed by atoms with E-state index >= 15 is 0 Å². The van der Waals surface area contributed by atoms with Gasteiger partial charge in [-0.25, -0.2) is 0 Å². The number of ketones is 1. The average Bonchev–Trinajstić information content (AvgIpc) is 2.34. The van der Waals surface area contributed by atoms with Gasteiger partial charge in [0.05, 0.1) is 0 Å². The van der Waals surface area contributed by atoms with E-state index in [1.54, 1.807) is 18.2 Å². The Morgan fingerprint density at radius 2 is 2.05 bits per heavy atom. The number of carbonyl (C=O) groups excluding carboxylic acids is 1. The van der Waals surface area contributed by atoms with Crippen molar-refractivity contribution >= 4 is 11.9 Å². The Morgan fingerprint density at radius 3 is 2.68 bits per heavy atom. The van der Waals surface area contributed by atoms with Crippen molar-refractivity contribution in [3.8, 4) is 5.75 Å². The van der Waals surface area contributed by atoms with Gasteiger partial charge in [0, 0.05) is 5.92 Å².